The first-order chi connectivity index (χ1) is 11.0. The number of piperidine rings is 1. The Morgan fingerprint density at radius 2 is 2.26 bits per heavy atom. The van der Waals surface area contributed by atoms with E-state index in [0.717, 1.165) is 43.7 Å². The van der Waals surface area contributed by atoms with E-state index in [1.807, 2.05) is 30.0 Å². The zero-order valence-corrected chi connectivity index (χ0v) is 14.1. The normalized spacial score (nSPS) is 18.2. The Morgan fingerprint density at radius 3 is 3.00 bits per heavy atom. The molecule has 2 heterocycles. The Hall–Kier alpha value is -1.88. The molecule has 2 aromatic rings. The molecule has 1 aromatic heterocycles. The molecule has 0 saturated carbocycles. The highest BCUT2D eigenvalue weighted by molar-refractivity contribution is 6.31. The van der Waals surface area contributed by atoms with E-state index in [4.69, 9.17) is 16.1 Å². The van der Waals surface area contributed by atoms with Crippen molar-refractivity contribution in [3.8, 4) is 0 Å². The monoisotopic (exact) mass is 333 g/mol. The smallest absolute Gasteiger partial charge is 0.254 e. The predicted molar refractivity (Wildman–Crippen MR) is 87.6 cm³/mol. The molecule has 5 nitrogen and oxygen atoms in total. The van der Waals surface area contributed by atoms with Crippen LogP contribution in [0.5, 0.6) is 0 Å². The van der Waals surface area contributed by atoms with Gasteiger partial charge in [0, 0.05) is 37.0 Å². The molecule has 1 saturated heterocycles. The number of nitrogens with zero attached hydrogens (tertiary/aromatic N) is 3. The van der Waals surface area contributed by atoms with Crippen molar-refractivity contribution in [2.45, 2.75) is 33.1 Å². The van der Waals surface area contributed by atoms with Gasteiger partial charge >= 0.3 is 0 Å². The Labute approximate surface area is 140 Å². The van der Waals surface area contributed by atoms with Crippen molar-refractivity contribution in [2.75, 3.05) is 13.1 Å². The van der Waals surface area contributed by atoms with Crippen LogP contribution in [0.4, 0.5) is 0 Å². The maximum atomic E-state index is 12.8. The number of rotatable bonds is 3. The molecule has 3 rings (SSSR count). The van der Waals surface area contributed by atoms with Crippen molar-refractivity contribution >= 4 is 17.5 Å². The summed E-state index contributed by atoms with van der Waals surface area (Å²) < 4.78 is 5.02. The van der Waals surface area contributed by atoms with Gasteiger partial charge in [-0.3, -0.25) is 4.79 Å². The lowest BCUT2D eigenvalue weighted by Gasteiger charge is -2.32. The summed E-state index contributed by atoms with van der Waals surface area (Å²) in [6.07, 6.45) is 2.81. The van der Waals surface area contributed by atoms with Crippen LogP contribution in [0.1, 0.15) is 40.5 Å². The van der Waals surface area contributed by atoms with Gasteiger partial charge in [-0.2, -0.15) is 4.98 Å². The van der Waals surface area contributed by atoms with E-state index in [-0.39, 0.29) is 5.91 Å². The summed E-state index contributed by atoms with van der Waals surface area (Å²) in [6.45, 7) is 5.18. The predicted octanol–water partition coefficient (Wildman–Crippen LogP) is 3.43. The number of halogens is 1. The molecule has 1 atom stereocenters. The number of aromatic nitrogens is 2. The Bertz CT molecular complexity index is 714. The fraction of sp³-hybridized carbons (Fsp3) is 0.471. The average Bonchev–Trinajstić information content (AvgIpc) is 2.95. The molecule has 6 heteroatoms. The van der Waals surface area contributed by atoms with Crippen molar-refractivity contribution in [2.24, 2.45) is 5.92 Å². The number of likely N-dealkylation sites (tertiary alicyclic amines) is 1. The molecule has 0 bridgehead atoms. The Balaban J connectivity index is 1.70. The molecule has 1 aliphatic heterocycles. The van der Waals surface area contributed by atoms with Gasteiger partial charge < -0.3 is 9.42 Å². The van der Waals surface area contributed by atoms with Crippen LogP contribution in [-0.4, -0.2) is 34.0 Å². The lowest BCUT2D eigenvalue weighted by Crippen LogP contribution is -2.40. The second-order valence-corrected chi connectivity index (χ2v) is 6.51. The molecule has 1 fully saturated rings. The molecule has 0 aliphatic carbocycles. The highest BCUT2D eigenvalue weighted by atomic mass is 35.5. The molecule has 1 aromatic carbocycles. The Kier molecular flexibility index (Phi) is 4.66. The van der Waals surface area contributed by atoms with E-state index in [9.17, 15) is 4.79 Å². The maximum Gasteiger partial charge on any atom is 0.254 e. The first-order valence-corrected chi connectivity index (χ1v) is 8.26. The van der Waals surface area contributed by atoms with Crippen molar-refractivity contribution in [3.05, 3.63) is 46.1 Å². The molecule has 0 radical (unpaired) electrons. The fourth-order valence-corrected chi connectivity index (χ4v) is 3.28. The molecular weight excluding hydrogens is 314 g/mol. The van der Waals surface area contributed by atoms with Gasteiger partial charge in [-0.15, -0.1) is 0 Å². The molecule has 1 unspecified atom stereocenters. The summed E-state index contributed by atoms with van der Waals surface area (Å²) in [4.78, 5) is 19.0. The van der Waals surface area contributed by atoms with Crippen LogP contribution in [0.3, 0.4) is 0 Å². The van der Waals surface area contributed by atoms with Gasteiger partial charge in [0.1, 0.15) is 0 Å². The number of benzene rings is 1. The van der Waals surface area contributed by atoms with Gasteiger partial charge in [-0.25, -0.2) is 0 Å². The maximum absolute atomic E-state index is 12.8. The average molecular weight is 334 g/mol. The summed E-state index contributed by atoms with van der Waals surface area (Å²) in [7, 11) is 0. The zero-order valence-electron chi connectivity index (χ0n) is 13.4. The molecular formula is C17H20ClN3O2. The number of aryl methyl sites for hydroxylation is 1. The van der Waals surface area contributed by atoms with Crippen LogP contribution in [0.2, 0.25) is 5.02 Å². The van der Waals surface area contributed by atoms with Gasteiger partial charge in [0.05, 0.1) is 0 Å². The lowest BCUT2D eigenvalue weighted by molar-refractivity contribution is 0.0671. The van der Waals surface area contributed by atoms with Gasteiger partial charge in [0.25, 0.3) is 5.91 Å². The second-order valence-electron chi connectivity index (χ2n) is 6.11. The van der Waals surface area contributed by atoms with Crippen molar-refractivity contribution in [3.63, 3.8) is 0 Å². The van der Waals surface area contributed by atoms with Crippen LogP contribution < -0.4 is 0 Å². The topological polar surface area (TPSA) is 59.2 Å². The summed E-state index contributed by atoms with van der Waals surface area (Å²) in [5.41, 5.74) is 1.53. The van der Waals surface area contributed by atoms with Crippen LogP contribution in [-0.2, 0) is 6.42 Å². The highest BCUT2D eigenvalue weighted by Crippen LogP contribution is 2.24. The van der Waals surface area contributed by atoms with E-state index in [1.165, 1.54) is 0 Å². The van der Waals surface area contributed by atoms with Crippen molar-refractivity contribution in [1.29, 1.82) is 0 Å². The third-order valence-corrected chi connectivity index (χ3v) is 4.75. The van der Waals surface area contributed by atoms with Crippen LogP contribution in [0.15, 0.2) is 22.7 Å². The highest BCUT2D eigenvalue weighted by Gasteiger charge is 2.26. The summed E-state index contributed by atoms with van der Waals surface area (Å²) in [5, 5.41) is 4.59. The summed E-state index contributed by atoms with van der Waals surface area (Å²) >= 11 is 6.14. The third-order valence-electron chi connectivity index (χ3n) is 4.35. The molecule has 23 heavy (non-hydrogen) atoms. The first-order valence-electron chi connectivity index (χ1n) is 7.88. The van der Waals surface area contributed by atoms with Crippen molar-refractivity contribution in [1.82, 2.24) is 15.0 Å². The van der Waals surface area contributed by atoms with Gasteiger partial charge in [0.15, 0.2) is 5.82 Å². The second kappa shape index (κ2) is 6.71. The molecule has 0 N–H and O–H groups in total. The Morgan fingerprint density at radius 1 is 1.43 bits per heavy atom. The third kappa shape index (κ3) is 3.55. The molecule has 0 spiro atoms. The standard InChI is InChI=1S/C17H20ClN3O2/c1-11-14(6-3-7-15(11)18)17(22)21-8-4-5-13(10-21)9-16-19-12(2)23-20-16/h3,6-7,13H,4-5,8-10H2,1-2H3. The minimum absolute atomic E-state index is 0.0546. The van der Waals surface area contributed by atoms with E-state index in [2.05, 4.69) is 10.1 Å². The van der Waals surface area contributed by atoms with Crippen molar-refractivity contribution < 1.29 is 9.32 Å². The van der Waals surface area contributed by atoms with Crippen LogP contribution >= 0.6 is 11.6 Å². The van der Waals surface area contributed by atoms with Crippen LogP contribution in [0.25, 0.3) is 0 Å². The summed E-state index contributed by atoms with van der Waals surface area (Å²) in [5.74, 6) is 1.72. The minimum Gasteiger partial charge on any atom is -0.340 e. The molecule has 1 amide bonds. The fourth-order valence-electron chi connectivity index (χ4n) is 3.11. The van der Waals surface area contributed by atoms with Gasteiger partial charge in [-0.1, -0.05) is 22.8 Å². The van der Waals surface area contributed by atoms with E-state index < -0.39 is 0 Å². The SMILES string of the molecule is Cc1nc(CC2CCCN(C(=O)c3cccc(Cl)c3C)C2)no1. The van der Waals surface area contributed by atoms with E-state index >= 15 is 0 Å². The number of hydrogen-bond acceptors (Lipinski definition) is 4. The zero-order chi connectivity index (χ0) is 16.4. The van der Waals surface area contributed by atoms with Gasteiger partial charge in [-0.05, 0) is 43.4 Å². The number of carbonyl (C=O) groups is 1. The molecule has 122 valence electrons. The van der Waals surface area contributed by atoms with Crippen LogP contribution in [0, 0.1) is 19.8 Å². The van der Waals surface area contributed by atoms with Gasteiger partial charge in [0.2, 0.25) is 5.89 Å². The molecule has 1 aliphatic rings. The van der Waals surface area contributed by atoms with E-state index in [0.29, 0.717) is 22.4 Å². The largest absolute Gasteiger partial charge is 0.340 e. The minimum atomic E-state index is 0.0546. The lowest BCUT2D eigenvalue weighted by atomic mass is 9.93. The first kappa shape index (κ1) is 16.0. The number of carbonyl (C=O) groups excluding carboxylic acids is 1. The van der Waals surface area contributed by atoms with E-state index in [1.54, 1.807) is 6.92 Å². The number of amides is 1. The summed E-state index contributed by atoms with van der Waals surface area (Å²) in [6, 6.07) is 5.48. The number of hydrogen-bond donors (Lipinski definition) is 0. The quantitative estimate of drug-likeness (QED) is 0.863.